The molecule has 0 saturated carbocycles. The number of halogens is 2. The molecule has 0 aromatic heterocycles. The molecule has 2 N–H and O–H groups in total. The second-order valence-electron chi connectivity index (χ2n) is 3.70. The van der Waals surface area contributed by atoms with E-state index in [0.717, 1.165) is 22.5 Å². The van der Waals surface area contributed by atoms with Crippen molar-refractivity contribution in [2.75, 3.05) is 23.4 Å². The highest BCUT2D eigenvalue weighted by Crippen LogP contribution is 2.20. The van der Waals surface area contributed by atoms with Gasteiger partial charge < -0.3 is 10.6 Å². The first-order valence-corrected chi connectivity index (χ1v) is 7.18. The zero-order valence-corrected chi connectivity index (χ0v) is 11.4. The van der Waals surface area contributed by atoms with Crippen LogP contribution in [0.1, 0.15) is 0 Å². The van der Waals surface area contributed by atoms with E-state index >= 15 is 0 Å². The lowest BCUT2D eigenvalue weighted by Crippen LogP contribution is -2.46. The summed E-state index contributed by atoms with van der Waals surface area (Å²) in [6.07, 6.45) is 0. The van der Waals surface area contributed by atoms with E-state index < -0.39 is 5.82 Å². The van der Waals surface area contributed by atoms with E-state index in [0.29, 0.717) is 0 Å². The Morgan fingerprint density at radius 1 is 1.59 bits per heavy atom. The van der Waals surface area contributed by atoms with Crippen molar-refractivity contribution in [2.45, 2.75) is 6.04 Å². The van der Waals surface area contributed by atoms with Crippen molar-refractivity contribution in [2.24, 2.45) is 0 Å². The summed E-state index contributed by atoms with van der Waals surface area (Å²) in [7, 11) is 0. The highest BCUT2D eigenvalue weighted by atomic mass is 79.9. The van der Waals surface area contributed by atoms with E-state index in [4.69, 9.17) is 0 Å². The van der Waals surface area contributed by atoms with E-state index in [-0.39, 0.29) is 17.6 Å². The Labute approximate surface area is 112 Å². The normalized spacial score (nSPS) is 20.0. The summed E-state index contributed by atoms with van der Waals surface area (Å²) in [6, 6.07) is 4.23. The molecule has 92 valence electrons. The minimum Gasteiger partial charge on any atom is -0.322 e. The first-order valence-electron chi connectivity index (χ1n) is 5.24. The smallest absolute Gasteiger partial charge is 0.242 e. The second-order valence-corrected chi connectivity index (χ2v) is 5.76. The topological polar surface area (TPSA) is 41.1 Å². The highest BCUT2D eigenvalue weighted by Gasteiger charge is 2.21. The Bertz CT molecular complexity index is 424. The lowest BCUT2D eigenvalue weighted by molar-refractivity contribution is -0.117. The molecule has 1 aromatic carbocycles. The van der Waals surface area contributed by atoms with Crippen molar-refractivity contribution in [3.05, 3.63) is 28.5 Å². The fraction of sp³-hybridized carbons (Fsp3) is 0.364. The molecule has 1 atom stereocenters. The molecule has 1 aliphatic rings. The van der Waals surface area contributed by atoms with Crippen LogP contribution in [0.4, 0.5) is 10.1 Å². The van der Waals surface area contributed by atoms with Crippen molar-refractivity contribution in [1.82, 2.24) is 5.32 Å². The summed E-state index contributed by atoms with van der Waals surface area (Å²) in [5, 5.41) is 5.71. The maximum atomic E-state index is 13.4. The minimum atomic E-state index is -0.426. The number of rotatable bonds is 2. The molecule has 0 radical (unpaired) electrons. The van der Waals surface area contributed by atoms with Crippen LogP contribution in [0.25, 0.3) is 0 Å². The predicted octanol–water partition coefficient (Wildman–Crippen LogP) is 2.23. The summed E-state index contributed by atoms with van der Waals surface area (Å²) < 4.78 is 14.2. The lowest BCUT2D eigenvalue weighted by Gasteiger charge is -2.22. The summed E-state index contributed by atoms with van der Waals surface area (Å²) in [4.78, 5) is 11.9. The van der Waals surface area contributed by atoms with Crippen molar-refractivity contribution in [1.29, 1.82) is 0 Å². The number of anilines is 1. The van der Waals surface area contributed by atoms with Gasteiger partial charge in [0, 0.05) is 22.5 Å². The molecule has 3 nitrogen and oxygen atoms in total. The third-order valence-corrected chi connectivity index (χ3v) is 3.98. The van der Waals surface area contributed by atoms with Crippen molar-refractivity contribution < 1.29 is 9.18 Å². The van der Waals surface area contributed by atoms with Crippen LogP contribution in [-0.4, -0.2) is 30.0 Å². The Hall–Kier alpha value is -0.590. The first-order chi connectivity index (χ1) is 8.16. The Morgan fingerprint density at radius 2 is 2.41 bits per heavy atom. The van der Waals surface area contributed by atoms with Crippen LogP contribution < -0.4 is 10.6 Å². The number of carbonyl (C=O) groups excluding carboxylic acids is 1. The van der Waals surface area contributed by atoms with E-state index in [1.165, 1.54) is 6.07 Å². The number of hydrogen-bond donors (Lipinski definition) is 2. The van der Waals surface area contributed by atoms with Crippen LogP contribution in [0.5, 0.6) is 0 Å². The molecule has 1 heterocycles. The van der Waals surface area contributed by atoms with E-state index in [9.17, 15) is 9.18 Å². The van der Waals surface area contributed by atoms with Gasteiger partial charge in [0.1, 0.15) is 5.82 Å². The van der Waals surface area contributed by atoms with Crippen LogP contribution in [-0.2, 0) is 4.79 Å². The van der Waals surface area contributed by atoms with Crippen molar-refractivity contribution in [3.63, 3.8) is 0 Å². The van der Waals surface area contributed by atoms with Crippen LogP contribution in [0.15, 0.2) is 22.7 Å². The van der Waals surface area contributed by atoms with E-state index in [1.54, 1.807) is 23.9 Å². The lowest BCUT2D eigenvalue weighted by atomic mass is 10.2. The number of amides is 1. The van der Waals surface area contributed by atoms with Gasteiger partial charge >= 0.3 is 0 Å². The van der Waals surface area contributed by atoms with Gasteiger partial charge in [0.15, 0.2) is 0 Å². The molecule has 2 rings (SSSR count). The van der Waals surface area contributed by atoms with Gasteiger partial charge in [-0.25, -0.2) is 4.39 Å². The van der Waals surface area contributed by atoms with Crippen LogP contribution in [0.2, 0.25) is 0 Å². The fourth-order valence-electron chi connectivity index (χ4n) is 1.55. The molecule has 17 heavy (non-hydrogen) atoms. The molecule has 1 saturated heterocycles. The molecule has 1 unspecified atom stereocenters. The summed E-state index contributed by atoms with van der Waals surface area (Å²) in [6.45, 7) is 0.809. The monoisotopic (exact) mass is 318 g/mol. The highest BCUT2D eigenvalue weighted by molar-refractivity contribution is 9.10. The van der Waals surface area contributed by atoms with E-state index in [1.807, 2.05) is 0 Å². The molecular formula is C11H12BrFN2OS. The zero-order chi connectivity index (χ0) is 12.3. The van der Waals surface area contributed by atoms with Gasteiger partial charge in [0.2, 0.25) is 5.91 Å². The molecule has 0 aliphatic carbocycles. The van der Waals surface area contributed by atoms with Crippen molar-refractivity contribution in [3.8, 4) is 0 Å². The molecule has 0 bridgehead atoms. The molecule has 1 fully saturated rings. The number of nitrogens with one attached hydrogen (secondary N) is 2. The SMILES string of the molecule is O=C(Nc1cc(Br)ccc1F)C1CSCCN1. The van der Waals surface area contributed by atoms with Gasteiger partial charge in [-0.2, -0.15) is 11.8 Å². The van der Waals surface area contributed by atoms with E-state index in [2.05, 4.69) is 26.6 Å². The average Bonchev–Trinajstić information content (AvgIpc) is 2.35. The third-order valence-electron chi connectivity index (χ3n) is 2.42. The summed E-state index contributed by atoms with van der Waals surface area (Å²) in [5.74, 6) is 1.12. The Kier molecular flexibility index (Phi) is 4.42. The van der Waals surface area contributed by atoms with Gasteiger partial charge in [-0.05, 0) is 18.2 Å². The number of benzene rings is 1. The maximum Gasteiger partial charge on any atom is 0.242 e. The van der Waals surface area contributed by atoms with Gasteiger partial charge in [0.25, 0.3) is 0 Å². The van der Waals surface area contributed by atoms with Gasteiger partial charge in [-0.3, -0.25) is 4.79 Å². The molecule has 1 aromatic rings. The molecule has 1 aliphatic heterocycles. The second kappa shape index (κ2) is 5.84. The summed E-state index contributed by atoms with van der Waals surface area (Å²) >= 11 is 4.97. The Morgan fingerprint density at radius 3 is 3.12 bits per heavy atom. The largest absolute Gasteiger partial charge is 0.322 e. The van der Waals surface area contributed by atoms with Crippen molar-refractivity contribution >= 4 is 39.3 Å². The number of hydrogen-bond acceptors (Lipinski definition) is 3. The molecular weight excluding hydrogens is 307 g/mol. The van der Waals surface area contributed by atoms with Crippen LogP contribution in [0, 0.1) is 5.82 Å². The number of carbonyl (C=O) groups is 1. The number of thioether (sulfide) groups is 1. The minimum absolute atomic E-state index is 0.186. The van der Waals surface area contributed by atoms with Gasteiger partial charge in [-0.1, -0.05) is 15.9 Å². The summed E-state index contributed by atoms with van der Waals surface area (Å²) in [5.41, 5.74) is 0.210. The standard InChI is InChI=1S/C11H12BrFN2OS/c12-7-1-2-8(13)9(5-7)15-11(16)10-6-17-4-3-14-10/h1-2,5,10,14H,3-4,6H2,(H,15,16). The Balaban J connectivity index is 2.04. The van der Waals surface area contributed by atoms with Crippen LogP contribution in [0.3, 0.4) is 0 Å². The van der Waals surface area contributed by atoms with Gasteiger partial charge in [-0.15, -0.1) is 0 Å². The van der Waals surface area contributed by atoms with Gasteiger partial charge in [0.05, 0.1) is 11.7 Å². The first kappa shape index (κ1) is 12.9. The average molecular weight is 319 g/mol. The maximum absolute atomic E-state index is 13.4. The predicted molar refractivity (Wildman–Crippen MR) is 71.8 cm³/mol. The zero-order valence-electron chi connectivity index (χ0n) is 9.00. The fourth-order valence-corrected chi connectivity index (χ4v) is 2.84. The van der Waals surface area contributed by atoms with Crippen LogP contribution >= 0.6 is 27.7 Å². The molecule has 6 heteroatoms. The quantitative estimate of drug-likeness (QED) is 0.878. The molecule has 1 amide bonds. The third kappa shape index (κ3) is 3.43. The molecule has 0 spiro atoms.